The lowest BCUT2D eigenvalue weighted by atomic mass is 10.2. The van der Waals surface area contributed by atoms with Crippen molar-refractivity contribution in [2.75, 3.05) is 39.3 Å². The van der Waals surface area contributed by atoms with E-state index in [1.807, 2.05) is 12.1 Å². The van der Waals surface area contributed by atoms with E-state index >= 15 is 0 Å². The molecule has 0 aliphatic carbocycles. The van der Waals surface area contributed by atoms with E-state index in [1.54, 1.807) is 0 Å². The molecule has 0 spiro atoms. The highest BCUT2D eigenvalue weighted by atomic mass is 79.9. The first-order chi connectivity index (χ1) is 11.7. The highest BCUT2D eigenvalue weighted by molar-refractivity contribution is 9.11. The van der Waals surface area contributed by atoms with Crippen LogP contribution in [-0.2, 0) is 6.54 Å². The van der Waals surface area contributed by atoms with Gasteiger partial charge in [-0.05, 0) is 33.6 Å². The van der Waals surface area contributed by atoms with Crippen molar-refractivity contribution in [2.45, 2.75) is 6.54 Å². The molecular formula is C18H22BrN3OS. The summed E-state index contributed by atoms with van der Waals surface area (Å²) in [6.07, 6.45) is 0. The summed E-state index contributed by atoms with van der Waals surface area (Å²) in [6.45, 7) is 6.94. The number of thiophene rings is 1. The van der Waals surface area contributed by atoms with Crippen LogP contribution in [-0.4, -0.2) is 55.0 Å². The van der Waals surface area contributed by atoms with Crippen LogP contribution in [0.5, 0.6) is 0 Å². The maximum atomic E-state index is 12.0. The van der Waals surface area contributed by atoms with Crippen molar-refractivity contribution in [3.8, 4) is 0 Å². The van der Waals surface area contributed by atoms with Gasteiger partial charge in [0.05, 0.1) is 8.66 Å². The number of piperazine rings is 1. The predicted molar refractivity (Wildman–Crippen MR) is 103 cm³/mol. The number of carbonyl (C=O) groups is 1. The average molecular weight is 408 g/mol. The topological polar surface area (TPSA) is 35.6 Å². The fraction of sp³-hybridized carbons (Fsp3) is 0.389. The van der Waals surface area contributed by atoms with Crippen molar-refractivity contribution in [1.29, 1.82) is 0 Å². The van der Waals surface area contributed by atoms with Gasteiger partial charge in [0.25, 0.3) is 5.91 Å². The van der Waals surface area contributed by atoms with Gasteiger partial charge in [-0.15, -0.1) is 11.3 Å². The maximum absolute atomic E-state index is 12.0. The SMILES string of the molecule is O=C(NCCN1CCN(Cc2ccccc2)CC1)c1ccc(Br)s1. The highest BCUT2D eigenvalue weighted by Gasteiger charge is 2.17. The molecule has 1 aliphatic rings. The number of rotatable bonds is 6. The monoisotopic (exact) mass is 407 g/mol. The third-order valence-electron chi connectivity index (χ3n) is 4.22. The second-order valence-corrected chi connectivity index (χ2v) is 8.43. The quantitative estimate of drug-likeness (QED) is 0.798. The Bertz CT molecular complexity index is 653. The summed E-state index contributed by atoms with van der Waals surface area (Å²) >= 11 is 4.85. The van der Waals surface area contributed by atoms with Crippen molar-refractivity contribution < 1.29 is 4.79 Å². The molecule has 1 aromatic carbocycles. The zero-order chi connectivity index (χ0) is 16.8. The molecule has 0 saturated carbocycles. The van der Waals surface area contributed by atoms with E-state index in [9.17, 15) is 4.79 Å². The summed E-state index contributed by atoms with van der Waals surface area (Å²) in [5, 5.41) is 3.01. The van der Waals surface area contributed by atoms with Gasteiger partial charge in [-0.3, -0.25) is 14.6 Å². The van der Waals surface area contributed by atoms with E-state index in [4.69, 9.17) is 0 Å². The minimum absolute atomic E-state index is 0.0217. The van der Waals surface area contributed by atoms with Crippen LogP contribution in [0.1, 0.15) is 15.2 Å². The summed E-state index contributed by atoms with van der Waals surface area (Å²) in [5.74, 6) is 0.0217. The van der Waals surface area contributed by atoms with Gasteiger partial charge >= 0.3 is 0 Å². The molecule has 4 nitrogen and oxygen atoms in total. The summed E-state index contributed by atoms with van der Waals surface area (Å²) in [6, 6.07) is 14.4. The number of hydrogen-bond acceptors (Lipinski definition) is 4. The molecule has 0 unspecified atom stereocenters. The molecule has 6 heteroatoms. The standard InChI is InChI=1S/C18H22BrN3OS/c19-17-7-6-16(24-17)18(23)20-8-9-21-10-12-22(13-11-21)14-15-4-2-1-3-5-15/h1-7H,8-14H2,(H,20,23). The number of nitrogens with one attached hydrogen (secondary N) is 1. The Morgan fingerprint density at radius 1 is 1.04 bits per heavy atom. The van der Waals surface area contributed by atoms with Gasteiger partial charge in [-0.25, -0.2) is 0 Å². The Labute approximate surface area is 155 Å². The third-order valence-corrected chi connectivity index (χ3v) is 5.85. The average Bonchev–Trinajstić information content (AvgIpc) is 3.04. The summed E-state index contributed by atoms with van der Waals surface area (Å²) in [7, 11) is 0. The molecule has 0 radical (unpaired) electrons. The molecular weight excluding hydrogens is 386 g/mol. The first-order valence-electron chi connectivity index (χ1n) is 8.23. The molecule has 1 fully saturated rings. The van der Waals surface area contributed by atoms with Crippen LogP contribution in [0.3, 0.4) is 0 Å². The second-order valence-electron chi connectivity index (χ2n) is 5.96. The Morgan fingerprint density at radius 3 is 2.42 bits per heavy atom. The van der Waals surface area contributed by atoms with Crippen molar-refractivity contribution in [1.82, 2.24) is 15.1 Å². The number of halogens is 1. The lowest BCUT2D eigenvalue weighted by molar-refractivity contribution is 0.0938. The van der Waals surface area contributed by atoms with Crippen molar-refractivity contribution in [2.24, 2.45) is 0 Å². The fourth-order valence-electron chi connectivity index (χ4n) is 2.86. The van der Waals surface area contributed by atoms with Crippen molar-refractivity contribution in [3.63, 3.8) is 0 Å². The Kier molecular flexibility index (Phi) is 6.43. The molecule has 0 atom stereocenters. The van der Waals surface area contributed by atoms with E-state index in [2.05, 4.69) is 61.4 Å². The van der Waals surface area contributed by atoms with Crippen LogP contribution >= 0.6 is 27.3 Å². The zero-order valence-electron chi connectivity index (χ0n) is 13.6. The van der Waals surface area contributed by atoms with Gasteiger partial charge < -0.3 is 5.32 Å². The number of carbonyl (C=O) groups excluding carboxylic acids is 1. The maximum Gasteiger partial charge on any atom is 0.261 e. The van der Waals surface area contributed by atoms with E-state index < -0.39 is 0 Å². The Hall–Kier alpha value is -1.21. The van der Waals surface area contributed by atoms with Crippen LogP contribution in [0.25, 0.3) is 0 Å². The minimum atomic E-state index is 0.0217. The van der Waals surface area contributed by atoms with Gasteiger partial charge in [0.15, 0.2) is 0 Å². The third kappa shape index (κ3) is 5.14. The summed E-state index contributed by atoms with van der Waals surface area (Å²) < 4.78 is 0.988. The Morgan fingerprint density at radius 2 is 1.75 bits per heavy atom. The lowest BCUT2D eigenvalue weighted by Crippen LogP contribution is -2.48. The number of nitrogens with zero attached hydrogens (tertiary/aromatic N) is 2. The van der Waals surface area contributed by atoms with Gasteiger partial charge in [-0.1, -0.05) is 30.3 Å². The molecule has 2 aromatic rings. The molecule has 3 rings (SSSR count). The van der Waals surface area contributed by atoms with Gasteiger partial charge in [0.2, 0.25) is 0 Å². The molecule has 1 N–H and O–H groups in total. The van der Waals surface area contributed by atoms with Gasteiger partial charge in [0.1, 0.15) is 0 Å². The predicted octanol–water partition coefficient (Wildman–Crippen LogP) is 3.06. The fourth-order valence-corrected chi connectivity index (χ4v) is 4.17. The first kappa shape index (κ1) is 17.6. The Balaban J connectivity index is 1.34. The van der Waals surface area contributed by atoms with Gasteiger partial charge in [0, 0.05) is 45.8 Å². The number of amides is 1. The van der Waals surface area contributed by atoms with Crippen molar-refractivity contribution in [3.05, 3.63) is 56.7 Å². The molecule has 1 aliphatic heterocycles. The molecule has 1 amide bonds. The van der Waals surface area contributed by atoms with Gasteiger partial charge in [-0.2, -0.15) is 0 Å². The number of benzene rings is 1. The van der Waals surface area contributed by atoms with E-state index in [1.165, 1.54) is 16.9 Å². The van der Waals surface area contributed by atoms with Crippen LogP contribution in [0.4, 0.5) is 0 Å². The number of hydrogen-bond donors (Lipinski definition) is 1. The molecule has 0 bridgehead atoms. The summed E-state index contributed by atoms with van der Waals surface area (Å²) in [4.78, 5) is 17.7. The summed E-state index contributed by atoms with van der Waals surface area (Å²) in [5.41, 5.74) is 1.38. The van der Waals surface area contributed by atoms with E-state index in [-0.39, 0.29) is 5.91 Å². The van der Waals surface area contributed by atoms with Crippen molar-refractivity contribution >= 4 is 33.2 Å². The molecule has 128 valence electrons. The smallest absolute Gasteiger partial charge is 0.261 e. The minimum Gasteiger partial charge on any atom is -0.350 e. The van der Waals surface area contributed by atoms with Crippen LogP contribution in [0.15, 0.2) is 46.3 Å². The molecule has 1 aromatic heterocycles. The first-order valence-corrected chi connectivity index (χ1v) is 9.84. The lowest BCUT2D eigenvalue weighted by Gasteiger charge is -2.34. The van der Waals surface area contributed by atoms with E-state index in [0.717, 1.165) is 47.9 Å². The largest absolute Gasteiger partial charge is 0.350 e. The van der Waals surface area contributed by atoms with Crippen LogP contribution in [0.2, 0.25) is 0 Å². The van der Waals surface area contributed by atoms with E-state index in [0.29, 0.717) is 6.54 Å². The normalized spacial score (nSPS) is 16.2. The molecule has 24 heavy (non-hydrogen) atoms. The van der Waals surface area contributed by atoms with Crippen LogP contribution < -0.4 is 5.32 Å². The second kappa shape index (κ2) is 8.76. The highest BCUT2D eigenvalue weighted by Crippen LogP contribution is 2.21. The molecule has 2 heterocycles. The molecule has 1 saturated heterocycles. The van der Waals surface area contributed by atoms with Crippen LogP contribution in [0, 0.1) is 0 Å². The zero-order valence-corrected chi connectivity index (χ0v) is 16.0.